The van der Waals surface area contributed by atoms with Crippen LogP contribution in [-0.4, -0.2) is 27.5 Å². The van der Waals surface area contributed by atoms with Crippen LogP contribution in [0.2, 0.25) is 0 Å². The number of nitrogens with zero attached hydrogens (tertiary/aromatic N) is 2. The van der Waals surface area contributed by atoms with Gasteiger partial charge in [0.2, 0.25) is 0 Å². The van der Waals surface area contributed by atoms with Gasteiger partial charge in [0, 0.05) is 18.0 Å². The number of nitrogens with one attached hydrogen (secondary N) is 1. The highest BCUT2D eigenvalue weighted by atomic mass is 32.2. The second kappa shape index (κ2) is 5.58. The van der Waals surface area contributed by atoms with Gasteiger partial charge in [-0.05, 0) is 31.3 Å². The topological polar surface area (TPSA) is 63.8 Å². The van der Waals surface area contributed by atoms with Gasteiger partial charge in [-0.1, -0.05) is 6.92 Å². The summed E-state index contributed by atoms with van der Waals surface area (Å²) in [4.78, 5) is 8.80. The molecule has 0 unspecified atom stereocenters. The summed E-state index contributed by atoms with van der Waals surface area (Å²) in [7, 11) is 0. The van der Waals surface area contributed by atoms with Gasteiger partial charge in [0.25, 0.3) is 0 Å². The van der Waals surface area contributed by atoms with Gasteiger partial charge in [-0.15, -0.1) is 0 Å². The molecule has 0 radical (unpaired) electrons. The van der Waals surface area contributed by atoms with E-state index in [0.717, 1.165) is 23.6 Å². The van der Waals surface area contributed by atoms with E-state index in [1.54, 1.807) is 0 Å². The van der Waals surface area contributed by atoms with Gasteiger partial charge >= 0.3 is 0 Å². The highest BCUT2D eigenvalue weighted by Gasteiger charge is 2.16. The number of hydrogen-bond acceptors (Lipinski definition) is 5. The summed E-state index contributed by atoms with van der Waals surface area (Å²) < 4.78 is 0. The molecule has 0 aromatic carbocycles. The molecule has 2 heterocycles. The van der Waals surface area contributed by atoms with Crippen LogP contribution in [0.5, 0.6) is 0 Å². The lowest BCUT2D eigenvalue weighted by Crippen LogP contribution is -2.26. The van der Waals surface area contributed by atoms with Crippen LogP contribution in [0.1, 0.15) is 31.2 Å². The zero-order valence-electron chi connectivity index (χ0n) is 10.5. The standard InChI is InChI=1S/C12H20N4S/c1-3-10-15-11(13)8(2)12(16-10)14-9-4-6-17-7-5-9/h9H,3-7H2,1-2H3,(H3,13,14,15,16). The maximum Gasteiger partial charge on any atom is 0.134 e. The fourth-order valence-electron chi connectivity index (χ4n) is 1.92. The predicted molar refractivity (Wildman–Crippen MR) is 74.5 cm³/mol. The zero-order valence-corrected chi connectivity index (χ0v) is 11.3. The quantitative estimate of drug-likeness (QED) is 0.863. The van der Waals surface area contributed by atoms with Crippen molar-refractivity contribution in [2.45, 2.75) is 39.2 Å². The van der Waals surface area contributed by atoms with Crippen molar-refractivity contribution in [2.75, 3.05) is 22.6 Å². The third-order valence-corrected chi connectivity index (χ3v) is 4.16. The van der Waals surface area contributed by atoms with Crippen molar-refractivity contribution in [1.29, 1.82) is 0 Å². The molecule has 2 rings (SSSR count). The largest absolute Gasteiger partial charge is 0.383 e. The molecule has 94 valence electrons. The van der Waals surface area contributed by atoms with Crippen molar-refractivity contribution in [3.05, 3.63) is 11.4 Å². The monoisotopic (exact) mass is 252 g/mol. The molecule has 0 bridgehead atoms. The van der Waals surface area contributed by atoms with E-state index in [9.17, 15) is 0 Å². The minimum absolute atomic E-state index is 0.536. The fourth-order valence-corrected chi connectivity index (χ4v) is 3.02. The van der Waals surface area contributed by atoms with Crippen molar-refractivity contribution < 1.29 is 0 Å². The van der Waals surface area contributed by atoms with E-state index < -0.39 is 0 Å². The zero-order chi connectivity index (χ0) is 12.3. The molecular weight excluding hydrogens is 232 g/mol. The molecule has 17 heavy (non-hydrogen) atoms. The molecule has 4 nitrogen and oxygen atoms in total. The van der Waals surface area contributed by atoms with Crippen LogP contribution in [-0.2, 0) is 6.42 Å². The number of aryl methyl sites for hydroxylation is 1. The third-order valence-electron chi connectivity index (χ3n) is 3.11. The average Bonchev–Trinajstić information content (AvgIpc) is 2.36. The Morgan fingerprint density at radius 2 is 2.06 bits per heavy atom. The third kappa shape index (κ3) is 3.03. The van der Waals surface area contributed by atoms with Gasteiger partial charge in [-0.25, -0.2) is 9.97 Å². The van der Waals surface area contributed by atoms with Crippen molar-refractivity contribution in [2.24, 2.45) is 0 Å². The molecule has 1 aliphatic rings. The summed E-state index contributed by atoms with van der Waals surface area (Å²) in [6.07, 6.45) is 3.23. The van der Waals surface area contributed by atoms with Crippen LogP contribution in [0.3, 0.4) is 0 Å². The number of nitrogens with two attached hydrogens (primary N) is 1. The second-order valence-electron chi connectivity index (χ2n) is 4.38. The molecule has 0 atom stereocenters. The molecule has 0 saturated carbocycles. The molecule has 1 aromatic rings. The summed E-state index contributed by atoms with van der Waals surface area (Å²) in [6, 6.07) is 0.536. The van der Waals surface area contributed by atoms with Gasteiger partial charge in [0.15, 0.2) is 0 Å². The van der Waals surface area contributed by atoms with Crippen LogP contribution in [0, 0.1) is 6.92 Å². The summed E-state index contributed by atoms with van der Waals surface area (Å²) in [6.45, 7) is 4.03. The minimum atomic E-state index is 0.536. The first-order valence-corrected chi connectivity index (χ1v) is 7.33. The second-order valence-corrected chi connectivity index (χ2v) is 5.61. The van der Waals surface area contributed by atoms with E-state index in [-0.39, 0.29) is 0 Å². The first-order valence-electron chi connectivity index (χ1n) is 6.18. The number of hydrogen-bond donors (Lipinski definition) is 2. The lowest BCUT2D eigenvalue weighted by molar-refractivity contribution is 0.661. The molecule has 0 aliphatic carbocycles. The molecule has 1 saturated heterocycles. The summed E-state index contributed by atoms with van der Waals surface area (Å²) in [5, 5.41) is 3.52. The maximum absolute atomic E-state index is 5.91. The minimum Gasteiger partial charge on any atom is -0.383 e. The Hall–Kier alpha value is -0.970. The smallest absolute Gasteiger partial charge is 0.134 e. The van der Waals surface area contributed by atoms with E-state index in [4.69, 9.17) is 5.73 Å². The molecular formula is C12H20N4S. The lowest BCUT2D eigenvalue weighted by atomic mass is 10.1. The fraction of sp³-hybridized carbons (Fsp3) is 0.667. The summed E-state index contributed by atoms with van der Waals surface area (Å²) in [5.41, 5.74) is 6.88. The van der Waals surface area contributed by atoms with E-state index in [1.807, 2.05) is 25.6 Å². The van der Waals surface area contributed by atoms with E-state index >= 15 is 0 Å². The molecule has 5 heteroatoms. The number of rotatable bonds is 3. The highest BCUT2D eigenvalue weighted by Crippen LogP contribution is 2.23. The van der Waals surface area contributed by atoms with Crippen LogP contribution >= 0.6 is 11.8 Å². The molecule has 0 spiro atoms. The predicted octanol–water partition coefficient (Wildman–Crippen LogP) is 2.24. The van der Waals surface area contributed by atoms with Crippen molar-refractivity contribution in [3.8, 4) is 0 Å². The van der Waals surface area contributed by atoms with Crippen LogP contribution in [0.15, 0.2) is 0 Å². The van der Waals surface area contributed by atoms with E-state index in [2.05, 4.69) is 15.3 Å². The Morgan fingerprint density at radius 3 is 2.71 bits per heavy atom. The number of thioether (sulfide) groups is 1. The van der Waals surface area contributed by atoms with E-state index in [1.165, 1.54) is 24.3 Å². The van der Waals surface area contributed by atoms with Crippen molar-refractivity contribution >= 4 is 23.4 Å². The van der Waals surface area contributed by atoms with Gasteiger partial charge < -0.3 is 11.1 Å². The van der Waals surface area contributed by atoms with Gasteiger partial charge in [0.1, 0.15) is 17.5 Å². The number of nitrogen functional groups attached to an aromatic ring is 1. The molecule has 0 amide bonds. The Bertz CT molecular complexity index is 388. The lowest BCUT2D eigenvalue weighted by Gasteiger charge is -2.24. The molecule has 3 N–H and O–H groups in total. The Kier molecular flexibility index (Phi) is 4.10. The molecule has 1 fully saturated rings. The van der Waals surface area contributed by atoms with E-state index in [0.29, 0.717) is 11.9 Å². The first-order chi connectivity index (χ1) is 8.20. The first kappa shape index (κ1) is 12.5. The Morgan fingerprint density at radius 1 is 1.35 bits per heavy atom. The summed E-state index contributed by atoms with van der Waals surface area (Å²) >= 11 is 2.03. The van der Waals surface area contributed by atoms with Crippen molar-refractivity contribution in [1.82, 2.24) is 9.97 Å². The molecule has 1 aliphatic heterocycles. The average molecular weight is 252 g/mol. The van der Waals surface area contributed by atoms with Crippen LogP contribution in [0.25, 0.3) is 0 Å². The normalized spacial score (nSPS) is 17.1. The Balaban J connectivity index is 2.15. The summed E-state index contributed by atoms with van der Waals surface area (Å²) in [5.74, 6) is 4.81. The highest BCUT2D eigenvalue weighted by molar-refractivity contribution is 7.99. The molecule has 1 aromatic heterocycles. The van der Waals surface area contributed by atoms with Crippen molar-refractivity contribution in [3.63, 3.8) is 0 Å². The van der Waals surface area contributed by atoms with Gasteiger partial charge in [-0.2, -0.15) is 11.8 Å². The van der Waals surface area contributed by atoms with Crippen LogP contribution < -0.4 is 11.1 Å². The number of aromatic nitrogens is 2. The van der Waals surface area contributed by atoms with Gasteiger partial charge in [-0.3, -0.25) is 0 Å². The van der Waals surface area contributed by atoms with Crippen LogP contribution in [0.4, 0.5) is 11.6 Å². The maximum atomic E-state index is 5.91. The number of anilines is 2. The SMILES string of the molecule is CCc1nc(N)c(C)c(NC2CCSCC2)n1. The Labute approximate surface area is 107 Å². The van der Waals surface area contributed by atoms with Gasteiger partial charge in [0.05, 0.1) is 0 Å².